The van der Waals surface area contributed by atoms with Crippen molar-refractivity contribution in [2.75, 3.05) is 11.4 Å². The van der Waals surface area contributed by atoms with E-state index in [1.54, 1.807) is 47.8 Å². The van der Waals surface area contributed by atoms with Crippen LogP contribution in [0.4, 0.5) is 5.69 Å². The van der Waals surface area contributed by atoms with E-state index in [0.717, 1.165) is 42.1 Å². The number of ether oxygens (including phenoxy) is 1. The average Bonchev–Trinajstić information content (AvgIpc) is 3.18. The van der Waals surface area contributed by atoms with E-state index in [2.05, 4.69) is 15.3 Å². The highest BCUT2D eigenvalue weighted by Crippen LogP contribution is 2.28. The molecule has 4 aromatic rings. The first-order valence-corrected chi connectivity index (χ1v) is 12.0. The molecule has 1 unspecified atom stereocenters. The zero-order valence-electron chi connectivity index (χ0n) is 19.6. The van der Waals surface area contributed by atoms with Crippen molar-refractivity contribution in [3.8, 4) is 11.6 Å². The van der Waals surface area contributed by atoms with E-state index >= 15 is 0 Å². The fourth-order valence-corrected chi connectivity index (χ4v) is 4.69. The smallest absolute Gasteiger partial charge is 0.326 e. The van der Waals surface area contributed by atoms with E-state index in [-0.39, 0.29) is 18.3 Å². The van der Waals surface area contributed by atoms with Gasteiger partial charge in [-0.15, -0.1) is 0 Å². The highest BCUT2D eigenvalue weighted by Gasteiger charge is 2.35. The monoisotopic (exact) mass is 486 g/mol. The summed E-state index contributed by atoms with van der Waals surface area (Å²) in [4.78, 5) is 46.4. The van der Waals surface area contributed by atoms with Crippen LogP contribution in [-0.2, 0) is 11.2 Å². The van der Waals surface area contributed by atoms with Crippen LogP contribution in [0.2, 0.25) is 0 Å². The standard InChI is InChI=1S/C27H26N4O5/c32-23-15-21(25(23)33)31(24-4-2-1-3-11-29-24)22(27(34)35)14-17-5-7-19(8-6-17)36-26-20-16-28-12-9-18(20)10-13-30-26/h5-10,12-13,15-16,22,24,29H,1-4,11,14H2,(H,34,35)/t22-,24?/m0/s1. The molecule has 0 spiro atoms. The molecule has 0 saturated carbocycles. The number of carbonyl (C=O) groups is 1. The molecule has 1 fully saturated rings. The molecule has 2 N–H and O–H groups in total. The van der Waals surface area contributed by atoms with Gasteiger partial charge in [0, 0.05) is 31.1 Å². The van der Waals surface area contributed by atoms with E-state index in [1.807, 2.05) is 12.1 Å². The van der Waals surface area contributed by atoms with Crippen molar-refractivity contribution in [3.05, 3.63) is 87.1 Å². The molecule has 1 aliphatic rings. The maximum absolute atomic E-state index is 12.4. The van der Waals surface area contributed by atoms with E-state index in [1.165, 1.54) is 6.07 Å². The lowest BCUT2D eigenvalue weighted by Gasteiger charge is -2.38. The van der Waals surface area contributed by atoms with Gasteiger partial charge < -0.3 is 14.7 Å². The van der Waals surface area contributed by atoms with Crippen LogP contribution in [0.25, 0.3) is 10.8 Å². The minimum absolute atomic E-state index is 0.156. The zero-order chi connectivity index (χ0) is 25.1. The lowest BCUT2D eigenvalue weighted by atomic mass is 10.0. The summed E-state index contributed by atoms with van der Waals surface area (Å²) >= 11 is 0. The number of rotatable bonds is 8. The Balaban J connectivity index is 1.38. The molecule has 5 rings (SSSR count). The molecule has 0 bridgehead atoms. The number of fused-ring (bicyclic) bond motifs is 1. The van der Waals surface area contributed by atoms with Crippen molar-refractivity contribution in [3.63, 3.8) is 0 Å². The van der Waals surface area contributed by atoms with Gasteiger partial charge in [-0.2, -0.15) is 0 Å². The maximum atomic E-state index is 12.4. The molecular weight excluding hydrogens is 460 g/mol. The van der Waals surface area contributed by atoms with Crippen molar-refractivity contribution in [2.24, 2.45) is 0 Å². The minimum Gasteiger partial charge on any atom is -0.480 e. The third-order valence-corrected chi connectivity index (χ3v) is 6.59. The van der Waals surface area contributed by atoms with Crippen LogP contribution in [0.1, 0.15) is 31.2 Å². The number of benzene rings is 1. The van der Waals surface area contributed by atoms with Gasteiger partial charge in [-0.05, 0) is 54.6 Å². The van der Waals surface area contributed by atoms with Crippen molar-refractivity contribution in [1.82, 2.24) is 15.3 Å². The summed E-state index contributed by atoms with van der Waals surface area (Å²) in [5, 5.41) is 15.3. The van der Waals surface area contributed by atoms with Gasteiger partial charge in [-0.1, -0.05) is 25.0 Å². The molecule has 9 heteroatoms. The average molecular weight is 487 g/mol. The van der Waals surface area contributed by atoms with Crippen molar-refractivity contribution < 1.29 is 14.6 Å². The summed E-state index contributed by atoms with van der Waals surface area (Å²) in [7, 11) is 0. The third kappa shape index (κ3) is 4.83. The Labute approximate surface area is 207 Å². The highest BCUT2D eigenvalue weighted by molar-refractivity contribution is 5.85. The largest absolute Gasteiger partial charge is 0.480 e. The van der Waals surface area contributed by atoms with Gasteiger partial charge in [0.15, 0.2) is 0 Å². The number of nitrogens with one attached hydrogen (secondary N) is 1. The third-order valence-electron chi connectivity index (χ3n) is 6.59. The molecular formula is C27H26N4O5. The first-order valence-electron chi connectivity index (χ1n) is 12.0. The number of hydrogen-bond donors (Lipinski definition) is 2. The SMILES string of the molecule is O=C(O)[C@H](Cc1ccc(Oc2nccc3ccncc23)cc1)N(c1cc(=O)c1=O)C1CCCCCN1. The maximum Gasteiger partial charge on any atom is 0.326 e. The Hall–Kier alpha value is -4.11. The fourth-order valence-electron chi connectivity index (χ4n) is 4.69. The van der Waals surface area contributed by atoms with Crippen LogP contribution in [-0.4, -0.2) is 39.8 Å². The summed E-state index contributed by atoms with van der Waals surface area (Å²) in [6, 6.07) is 11.1. The summed E-state index contributed by atoms with van der Waals surface area (Å²) in [6.45, 7) is 0.729. The van der Waals surface area contributed by atoms with Gasteiger partial charge in [-0.3, -0.25) is 19.9 Å². The van der Waals surface area contributed by atoms with Crippen molar-refractivity contribution in [1.29, 1.82) is 0 Å². The number of carboxylic acids is 1. The van der Waals surface area contributed by atoms with E-state index < -0.39 is 22.9 Å². The van der Waals surface area contributed by atoms with Gasteiger partial charge in [0.25, 0.3) is 0 Å². The second-order valence-electron chi connectivity index (χ2n) is 8.97. The van der Waals surface area contributed by atoms with Gasteiger partial charge >= 0.3 is 5.97 Å². The number of carboxylic acid groups (broad SMARTS) is 1. The number of aromatic nitrogens is 2. The molecule has 9 nitrogen and oxygen atoms in total. The number of pyridine rings is 2. The van der Waals surface area contributed by atoms with Crippen LogP contribution in [0, 0.1) is 0 Å². The fraction of sp³-hybridized carbons (Fsp3) is 0.296. The van der Waals surface area contributed by atoms with E-state index in [0.29, 0.717) is 18.1 Å². The highest BCUT2D eigenvalue weighted by atomic mass is 16.5. The predicted molar refractivity (Wildman–Crippen MR) is 135 cm³/mol. The Morgan fingerprint density at radius 3 is 2.67 bits per heavy atom. The second-order valence-corrected chi connectivity index (χ2v) is 8.97. The number of aliphatic carboxylic acids is 1. The molecule has 1 aliphatic heterocycles. The quantitative estimate of drug-likeness (QED) is 0.362. The molecule has 2 aromatic heterocycles. The Morgan fingerprint density at radius 2 is 1.92 bits per heavy atom. The summed E-state index contributed by atoms with van der Waals surface area (Å²) in [5.41, 5.74) is -0.290. The first kappa shape index (κ1) is 23.6. The van der Waals surface area contributed by atoms with Crippen molar-refractivity contribution in [2.45, 2.75) is 44.3 Å². The second kappa shape index (κ2) is 10.2. The van der Waals surface area contributed by atoms with Gasteiger partial charge in [0.05, 0.1) is 17.2 Å². The molecule has 184 valence electrons. The van der Waals surface area contributed by atoms with Gasteiger partial charge in [-0.25, -0.2) is 9.78 Å². The van der Waals surface area contributed by atoms with Crippen molar-refractivity contribution >= 4 is 22.4 Å². The van der Waals surface area contributed by atoms with E-state index in [9.17, 15) is 19.5 Å². The summed E-state index contributed by atoms with van der Waals surface area (Å²) in [6.07, 6.45) is 8.52. The zero-order valence-corrected chi connectivity index (χ0v) is 19.6. The van der Waals surface area contributed by atoms with Crippen LogP contribution < -0.4 is 25.8 Å². The molecule has 3 heterocycles. The number of hydrogen-bond acceptors (Lipinski definition) is 8. The van der Waals surface area contributed by atoms with Crippen LogP contribution >= 0.6 is 0 Å². The summed E-state index contributed by atoms with van der Waals surface area (Å²) < 4.78 is 5.97. The first-order chi connectivity index (χ1) is 17.5. The molecule has 2 aromatic carbocycles. The topological polar surface area (TPSA) is 122 Å². The minimum atomic E-state index is -1.05. The molecule has 36 heavy (non-hydrogen) atoms. The lowest BCUT2D eigenvalue weighted by Crippen LogP contribution is -2.58. The number of anilines is 1. The molecule has 2 atom stereocenters. The Morgan fingerprint density at radius 1 is 1.11 bits per heavy atom. The summed E-state index contributed by atoms with van der Waals surface area (Å²) in [5.74, 6) is -0.0661. The molecule has 0 amide bonds. The Kier molecular flexibility index (Phi) is 6.73. The lowest BCUT2D eigenvalue weighted by molar-refractivity contribution is -0.138. The normalized spacial score (nSPS) is 16.9. The van der Waals surface area contributed by atoms with Gasteiger partial charge in [0.2, 0.25) is 16.7 Å². The van der Waals surface area contributed by atoms with Gasteiger partial charge in [0.1, 0.15) is 11.8 Å². The Bertz CT molecular complexity index is 1430. The predicted octanol–water partition coefficient (Wildman–Crippen LogP) is 3.01. The van der Waals surface area contributed by atoms with E-state index in [4.69, 9.17) is 4.74 Å². The van der Waals surface area contributed by atoms with Crippen LogP contribution in [0.15, 0.2) is 70.6 Å². The van der Waals surface area contributed by atoms with Crippen LogP contribution in [0.3, 0.4) is 0 Å². The number of nitrogens with zero attached hydrogens (tertiary/aromatic N) is 3. The van der Waals surface area contributed by atoms with Crippen LogP contribution in [0.5, 0.6) is 11.6 Å². The molecule has 1 saturated heterocycles. The molecule has 0 aliphatic carbocycles. The molecule has 0 radical (unpaired) electrons.